The second-order valence-corrected chi connectivity index (χ2v) is 7.99. The van der Waals surface area contributed by atoms with Crippen LogP contribution in [-0.4, -0.2) is 23.8 Å². The maximum Gasteiger partial charge on any atom is 0.408 e. The molecule has 3 aromatic rings. The summed E-state index contributed by atoms with van der Waals surface area (Å²) in [6, 6.07) is 28.4. The minimum atomic E-state index is -0.694. The maximum absolute atomic E-state index is 12.8. The van der Waals surface area contributed by atoms with E-state index in [1.165, 1.54) is 5.56 Å². The van der Waals surface area contributed by atoms with Crippen molar-refractivity contribution < 1.29 is 14.3 Å². The third kappa shape index (κ3) is 8.18. The van der Waals surface area contributed by atoms with Crippen molar-refractivity contribution in [3.63, 3.8) is 0 Å². The largest absolute Gasteiger partial charge is 0.445 e. The number of carbonyl (C=O) groups is 2. The molecule has 0 saturated heterocycles. The molecule has 0 radical (unpaired) electrons. The molecule has 0 saturated carbocycles. The minimum absolute atomic E-state index is 0.155. The van der Waals surface area contributed by atoms with Gasteiger partial charge in [-0.05, 0) is 16.7 Å². The summed E-state index contributed by atoms with van der Waals surface area (Å²) in [7, 11) is 0. The van der Waals surface area contributed by atoms with Gasteiger partial charge < -0.3 is 15.4 Å². The average Bonchev–Trinajstić information content (AvgIpc) is 2.82. The molecule has 160 valence electrons. The van der Waals surface area contributed by atoms with E-state index >= 15 is 0 Å². The SMILES string of the molecule is O=C(NC(CSCc1ccccc1)C(=O)NCc1ccccc1)OCc1ccccc1. The fraction of sp³-hybridized carbons (Fsp3) is 0.200. The summed E-state index contributed by atoms with van der Waals surface area (Å²) >= 11 is 1.59. The summed E-state index contributed by atoms with van der Waals surface area (Å²) in [5, 5.41) is 5.62. The van der Waals surface area contributed by atoms with Crippen LogP contribution in [0, 0.1) is 0 Å². The molecule has 0 heterocycles. The van der Waals surface area contributed by atoms with E-state index in [4.69, 9.17) is 4.74 Å². The average molecular weight is 435 g/mol. The molecule has 0 spiro atoms. The van der Waals surface area contributed by atoms with E-state index in [-0.39, 0.29) is 12.5 Å². The summed E-state index contributed by atoms with van der Waals surface area (Å²) in [6.07, 6.45) is -0.607. The molecule has 5 nitrogen and oxygen atoms in total. The zero-order valence-corrected chi connectivity index (χ0v) is 18.0. The number of nitrogens with one attached hydrogen (secondary N) is 2. The molecule has 31 heavy (non-hydrogen) atoms. The predicted octanol–water partition coefficient (Wildman–Crippen LogP) is 4.53. The summed E-state index contributed by atoms with van der Waals surface area (Å²) in [5.74, 6) is 0.959. The molecule has 0 aliphatic heterocycles. The standard InChI is InChI=1S/C25H26N2O3S/c28-24(26-16-20-10-4-1-5-11-20)23(19-31-18-22-14-8-3-9-15-22)27-25(29)30-17-21-12-6-2-7-13-21/h1-15,23H,16-19H2,(H,26,28)(H,27,29). The van der Waals surface area contributed by atoms with Gasteiger partial charge in [0.25, 0.3) is 0 Å². The Bertz CT molecular complexity index is 937. The monoisotopic (exact) mass is 434 g/mol. The van der Waals surface area contributed by atoms with E-state index in [0.717, 1.165) is 16.9 Å². The van der Waals surface area contributed by atoms with Gasteiger partial charge in [0.1, 0.15) is 12.6 Å². The summed E-state index contributed by atoms with van der Waals surface area (Å²) in [6.45, 7) is 0.558. The number of ether oxygens (including phenoxy) is 1. The molecule has 3 rings (SSSR count). The second kappa shape index (κ2) is 12.4. The summed E-state index contributed by atoms with van der Waals surface area (Å²) in [4.78, 5) is 25.1. The van der Waals surface area contributed by atoms with Gasteiger partial charge in [0, 0.05) is 18.1 Å². The Labute approximate surface area is 187 Å². The van der Waals surface area contributed by atoms with Crippen LogP contribution in [0.3, 0.4) is 0 Å². The van der Waals surface area contributed by atoms with Crippen molar-refractivity contribution in [3.05, 3.63) is 108 Å². The Morgan fingerprint density at radius 1 is 0.774 bits per heavy atom. The number of alkyl carbamates (subject to hydrolysis) is 1. The lowest BCUT2D eigenvalue weighted by Gasteiger charge is -2.18. The van der Waals surface area contributed by atoms with Crippen molar-refractivity contribution in [3.8, 4) is 0 Å². The van der Waals surface area contributed by atoms with Crippen LogP contribution in [0.1, 0.15) is 16.7 Å². The number of hydrogen-bond donors (Lipinski definition) is 2. The Balaban J connectivity index is 1.54. The summed E-state index contributed by atoms with van der Waals surface area (Å²) in [5.41, 5.74) is 3.06. The van der Waals surface area contributed by atoms with Crippen molar-refractivity contribution in [2.24, 2.45) is 0 Å². The smallest absolute Gasteiger partial charge is 0.408 e. The molecule has 3 aromatic carbocycles. The van der Waals surface area contributed by atoms with E-state index in [1.807, 2.05) is 91.0 Å². The molecular weight excluding hydrogens is 408 g/mol. The Morgan fingerprint density at radius 3 is 1.94 bits per heavy atom. The van der Waals surface area contributed by atoms with Crippen LogP contribution in [0.25, 0.3) is 0 Å². The first-order valence-electron chi connectivity index (χ1n) is 10.1. The van der Waals surface area contributed by atoms with Gasteiger partial charge in [-0.3, -0.25) is 4.79 Å². The van der Waals surface area contributed by atoms with E-state index in [1.54, 1.807) is 11.8 Å². The van der Waals surface area contributed by atoms with Gasteiger partial charge in [-0.25, -0.2) is 4.79 Å². The quantitative estimate of drug-likeness (QED) is 0.492. The van der Waals surface area contributed by atoms with Gasteiger partial charge in [0.15, 0.2) is 0 Å². The van der Waals surface area contributed by atoms with E-state index in [0.29, 0.717) is 12.3 Å². The highest BCUT2D eigenvalue weighted by atomic mass is 32.2. The fourth-order valence-electron chi connectivity index (χ4n) is 2.87. The first-order chi connectivity index (χ1) is 15.2. The van der Waals surface area contributed by atoms with Gasteiger partial charge in [0.05, 0.1) is 0 Å². The van der Waals surface area contributed by atoms with Crippen LogP contribution < -0.4 is 10.6 Å². The summed E-state index contributed by atoms with van der Waals surface area (Å²) < 4.78 is 5.30. The number of carbonyl (C=O) groups excluding carboxylic acids is 2. The van der Waals surface area contributed by atoms with Crippen molar-refractivity contribution >= 4 is 23.8 Å². The highest BCUT2D eigenvalue weighted by Gasteiger charge is 2.21. The maximum atomic E-state index is 12.8. The van der Waals surface area contributed by atoms with E-state index in [2.05, 4.69) is 10.6 Å². The Kier molecular flexibility index (Phi) is 9.01. The van der Waals surface area contributed by atoms with Crippen molar-refractivity contribution in [1.29, 1.82) is 0 Å². The highest BCUT2D eigenvalue weighted by Crippen LogP contribution is 2.13. The topological polar surface area (TPSA) is 67.4 Å². The molecule has 1 unspecified atom stereocenters. The van der Waals surface area contributed by atoms with Crippen molar-refractivity contribution in [2.45, 2.75) is 24.9 Å². The molecule has 0 fully saturated rings. The highest BCUT2D eigenvalue weighted by molar-refractivity contribution is 7.98. The number of benzene rings is 3. The Morgan fingerprint density at radius 2 is 1.32 bits per heavy atom. The molecule has 6 heteroatoms. The van der Waals surface area contributed by atoms with Crippen LogP contribution in [0.5, 0.6) is 0 Å². The second-order valence-electron chi connectivity index (χ2n) is 6.96. The molecule has 2 N–H and O–H groups in total. The van der Waals surface area contributed by atoms with Crippen LogP contribution >= 0.6 is 11.8 Å². The molecule has 0 aromatic heterocycles. The predicted molar refractivity (Wildman–Crippen MR) is 124 cm³/mol. The first kappa shape index (κ1) is 22.4. The normalized spacial score (nSPS) is 11.4. The van der Waals surface area contributed by atoms with Gasteiger partial charge in [-0.1, -0.05) is 91.0 Å². The molecule has 0 bridgehead atoms. The zero-order chi connectivity index (χ0) is 21.7. The number of hydrogen-bond acceptors (Lipinski definition) is 4. The first-order valence-corrected chi connectivity index (χ1v) is 11.3. The zero-order valence-electron chi connectivity index (χ0n) is 17.2. The van der Waals surface area contributed by atoms with Gasteiger partial charge in [-0.2, -0.15) is 11.8 Å². The van der Waals surface area contributed by atoms with E-state index < -0.39 is 12.1 Å². The van der Waals surface area contributed by atoms with Crippen molar-refractivity contribution in [2.75, 3.05) is 5.75 Å². The molecular formula is C25H26N2O3S. The van der Waals surface area contributed by atoms with Crippen LogP contribution in [0.15, 0.2) is 91.0 Å². The van der Waals surface area contributed by atoms with Crippen LogP contribution in [-0.2, 0) is 28.4 Å². The van der Waals surface area contributed by atoms with Gasteiger partial charge in [-0.15, -0.1) is 0 Å². The Hall–Kier alpha value is -3.25. The van der Waals surface area contributed by atoms with Gasteiger partial charge in [0.2, 0.25) is 5.91 Å². The van der Waals surface area contributed by atoms with Gasteiger partial charge >= 0.3 is 6.09 Å². The van der Waals surface area contributed by atoms with Crippen LogP contribution in [0.4, 0.5) is 4.79 Å². The number of rotatable bonds is 10. The number of thioether (sulfide) groups is 1. The van der Waals surface area contributed by atoms with E-state index in [9.17, 15) is 9.59 Å². The lowest BCUT2D eigenvalue weighted by Crippen LogP contribution is -2.48. The molecule has 2 amide bonds. The lowest BCUT2D eigenvalue weighted by atomic mass is 10.2. The number of amides is 2. The molecule has 0 aliphatic rings. The lowest BCUT2D eigenvalue weighted by molar-refractivity contribution is -0.122. The minimum Gasteiger partial charge on any atom is -0.445 e. The molecule has 0 aliphatic carbocycles. The third-order valence-corrected chi connectivity index (χ3v) is 5.63. The van der Waals surface area contributed by atoms with Crippen molar-refractivity contribution in [1.82, 2.24) is 10.6 Å². The van der Waals surface area contributed by atoms with Crippen LogP contribution in [0.2, 0.25) is 0 Å². The third-order valence-electron chi connectivity index (χ3n) is 4.53. The molecule has 1 atom stereocenters. The fourth-order valence-corrected chi connectivity index (χ4v) is 3.88.